The van der Waals surface area contributed by atoms with E-state index in [-0.39, 0.29) is 12.3 Å². The number of amides is 1. The van der Waals surface area contributed by atoms with Crippen molar-refractivity contribution >= 4 is 23.5 Å². The van der Waals surface area contributed by atoms with Gasteiger partial charge in [-0.3, -0.25) is 9.59 Å². The average molecular weight is 421 g/mol. The summed E-state index contributed by atoms with van der Waals surface area (Å²) in [6, 6.07) is 5.66. The number of rotatable bonds is 10. The third-order valence-electron chi connectivity index (χ3n) is 6.59. The molecule has 2 saturated carbocycles. The Bertz CT molecular complexity index is 712. The lowest BCUT2D eigenvalue weighted by molar-refractivity contribution is -0.136. The van der Waals surface area contributed by atoms with Crippen LogP contribution in [0.1, 0.15) is 73.7 Å². The molecule has 0 heterocycles. The molecule has 1 amide bonds. The van der Waals surface area contributed by atoms with E-state index in [1.807, 2.05) is 12.1 Å². The molecule has 3 rings (SSSR count). The first-order chi connectivity index (χ1) is 14.0. The summed E-state index contributed by atoms with van der Waals surface area (Å²) in [5.41, 5.74) is 1.93. The third-order valence-corrected chi connectivity index (χ3v) is 6.92. The number of aliphatic carboxylic acids is 1. The summed E-state index contributed by atoms with van der Waals surface area (Å²) in [4.78, 5) is 23.3. The number of carbonyl (C=O) groups is 2. The Balaban J connectivity index is 1.49. The first-order valence-corrected chi connectivity index (χ1v) is 11.3. The molecule has 0 aromatic heterocycles. The molecule has 5 nitrogen and oxygen atoms in total. The Labute approximate surface area is 178 Å². The van der Waals surface area contributed by atoms with Gasteiger partial charge in [-0.05, 0) is 67.7 Å². The molecule has 3 N–H and O–H groups in total. The molecule has 0 atom stereocenters. The Hall–Kier alpha value is -1.59. The number of nitrogens with one attached hydrogen (secondary N) is 2. The fourth-order valence-corrected chi connectivity index (χ4v) is 5.28. The van der Waals surface area contributed by atoms with Gasteiger partial charge in [-0.25, -0.2) is 0 Å². The molecule has 1 aromatic rings. The van der Waals surface area contributed by atoms with Crippen LogP contribution in [0, 0.1) is 11.3 Å². The highest BCUT2D eigenvalue weighted by atomic mass is 35.5. The average Bonchev–Trinajstić information content (AvgIpc) is 2.70. The van der Waals surface area contributed by atoms with E-state index in [0.717, 1.165) is 37.4 Å². The zero-order valence-electron chi connectivity index (χ0n) is 17.1. The van der Waals surface area contributed by atoms with Gasteiger partial charge in [0, 0.05) is 13.1 Å². The van der Waals surface area contributed by atoms with Crippen LogP contribution < -0.4 is 10.6 Å². The van der Waals surface area contributed by atoms with Gasteiger partial charge < -0.3 is 15.7 Å². The van der Waals surface area contributed by atoms with Gasteiger partial charge in [-0.1, -0.05) is 43.4 Å². The molecule has 0 saturated heterocycles. The predicted octanol–water partition coefficient (Wildman–Crippen LogP) is 4.43. The Morgan fingerprint density at radius 1 is 1.17 bits per heavy atom. The standard InChI is InChI=1S/C23H33ClN2O3/c24-20-8-7-17(6-3-12-25-13-9-21(27)28)14-19(20)22(29)26-16-23-10-1-4-18(15-23)5-2-11-23/h7-8,14,18,25H,1-6,9-13,15-16H2,(H,26,29)(H,27,28). The molecule has 2 aliphatic rings. The molecule has 2 aliphatic carbocycles. The minimum atomic E-state index is -0.789. The van der Waals surface area contributed by atoms with E-state index in [1.54, 1.807) is 6.07 Å². The minimum absolute atomic E-state index is 0.0708. The molecule has 0 aliphatic heterocycles. The maximum atomic E-state index is 12.8. The van der Waals surface area contributed by atoms with E-state index in [4.69, 9.17) is 16.7 Å². The van der Waals surface area contributed by atoms with E-state index in [0.29, 0.717) is 22.5 Å². The van der Waals surface area contributed by atoms with Crippen LogP contribution in [0.25, 0.3) is 0 Å². The fourth-order valence-electron chi connectivity index (χ4n) is 5.07. The number of hydrogen-bond acceptors (Lipinski definition) is 3. The number of hydrogen-bond donors (Lipinski definition) is 3. The maximum Gasteiger partial charge on any atom is 0.304 e. The Morgan fingerprint density at radius 3 is 2.66 bits per heavy atom. The summed E-state index contributed by atoms with van der Waals surface area (Å²) in [6.07, 6.45) is 10.8. The summed E-state index contributed by atoms with van der Waals surface area (Å²) in [6.45, 7) is 1.99. The lowest BCUT2D eigenvalue weighted by Gasteiger charge is -2.45. The van der Waals surface area contributed by atoms with Crippen molar-refractivity contribution in [3.63, 3.8) is 0 Å². The molecule has 1 aromatic carbocycles. The van der Waals surface area contributed by atoms with Gasteiger partial charge in [0.25, 0.3) is 5.91 Å². The van der Waals surface area contributed by atoms with Gasteiger partial charge in [0.2, 0.25) is 0 Å². The molecule has 0 unspecified atom stereocenters. The van der Waals surface area contributed by atoms with Crippen molar-refractivity contribution in [2.45, 2.75) is 64.2 Å². The van der Waals surface area contributed by atoms with Crippen molar-refractivity contribution < 1.29 is 14.7 Å². The molecule has 29 heavy (non-hydrogen) atoms. The SMILES string of the molecule is O=C(O)CCNCCCc1ccc(Cl)c(C(=O)NCC23CCCC(CCC2)C3)c1. The van der Waals surface area contributed by atoms with Crippen LogP contribution in [-0.2, 0) is 11.2 Å². The van der Waals surface area contributed by atoms with Crippen molar-refractivity contribution in [3.8, 4) is 0 Å². The molecular formula is C23H33ClN2O3. The summed E-state index contributed by atoms with van der Waals surface area (Å²) in [7, 11) is 0. The highest BCUT2D eigenvalue weighted by molar-refractivity contribution is 6.33. The number of benzene rings is 1. The summed E-state index contributed by atoms with van der Waals surface area (Å²) in [5, 5.41) is 15.4. The topological polar surface area (TPSA) is 78.4 Å². The summed E-state index contributed by atoms with van der Waals surface area (Å²) in [5.74, 6) is -0.00805. The van der Waals surface area contributed by atoms with Crippen LogP contribution in [0.2, 0.25) is 5.02 Å². The molecule has 2 bridgehead atoms. The molecule has 6 heteroatoms. The molecule has 0 radical (unpaired) electrons. The molecule has 0 spiro atoms. The van der Waals surface area contributed by atoms with Crippen LogP contribution in [0.3, 0.4) is 0 Å². The van der Waals surface area contributed by atoms with E-state index >= 15 is 0 Å². The van der Waals surface area contributed by atoms with Crippen LogP contribution >= 0.6 is 11.6 Å². The van der Waals surface area contributed by atoms with Gasteiger partial charge in [-0.2, -0.15) is 0 Å². The Kier molecular flexibility index (Phi) is 7.96. The largest absolute Gasteiger partial charge is 0.481 e. The maximum absolute atomic E-state index is 12.8. The van der Waals surface area contributed by atoms with E-state index in [1.165, 1.54) is 44.9 Å². The third kappa shape index (κ3) is 6.45. The monoisotopic (exact) mass is 420 g/mol. The second-order valence-electron chi connectivity index (χ2n) is 8.85. The second kappa shape index (κ2) is 10.4. The predicted molar refractivity (Wildman–Crippen MR) is 115 cm³/mol. The van der Waals surface area contributed by atoms with Gasteiger partial charge >= 0.3 is 5.97 Å². The lowest BCUT2D eigenvalue weighted by atomic mass is 9.62. The molecule has 160 valence electrons. The fraction of sp³-hybridized carbons (Fsp3) is 0.652. The van der Waals surface area contributed by atoms with E-state index in [2.05, 4.69) is 10.6 Å². The second-order valence-corrected chi connectivity index (χ2v) is 9.26. The van der Waals surface area contributed by atoms with Gasteiger partial charge in [0.15, 0.2) is 0 Å². The number of halogens is 1. The number of carboxylic acids is 1. The summed E-state index contributed by atoms with van der Waals surface area (Å²) < 4.78 is 0. The zero-order chi connectivity index (χ0) is 20.7. The lowest BCUT2D eigenvalue weighted by Crippen LogP contribution is -2.43. The summed E-state index contributed by atoms with van der Waals surface area (Å²) >= 11 is 6.32. The highest BCUT2D eigenvalue weighted by Crippen LogP contribution is 2.48. The van der Waals surface area contributed by atoms with Crippen molar-refractivity contribution in [3.05, 3.63) is 34.3 Å². The first-order valence-electron chi connectivity index (χ1n) is 11.0. The number of fused-ring (bicyclic) bond motifs is 2. The van der Waals surface area contributed by atoms with E-state index < -0.39 is 5.97 Å². The number of carboxylic acid groups (broad SMARTS) is 1. The van der Waals surface area contributed by atoms with Crippen LogP contribution in [-0.4, -0.2) is 36.6 Å². The Morgan fingerprint density at radius 2 is 1.93 bits per heavy atom. The van der Waals surface area contributed by atoms with Crippen molar-refractivity contribution in [2.24, 2.45) is 11.3 Å². The van der Waals surface area contributed by atoms with Gasteiger partial charge in [-0.15, -0.1) is 0 Å². The van der Waals surface area contributed by atoms with Gasteiger partial charge in [0.1, 0.15) is 0 Å². The first kappa shape index (κ1) is 22.1. The quantitative estimate of drug-likeness (QED) is 0.489. The molecule has 2 fully saturated rings. The van der Waals surface area contributed by atoms with Crippen molar-refractivity contribution in [1.29, 1.82) is 0 Å². The van der Waals surface area contributed by atoms with E-state index in [9.17, 15) is 9.59 Å². The number of carbonyl (C=O) groups excluding carboxylic acids is 1. The highest BCUT2D eigenvalue weighted by Gasteiger charge is 2.39. The smallest absolute Gasteiger partial charge is 0.304 e. The zero-order valence-corrected chi connectivity index (χ0v) is 17.9. The minimum Gasteiger partial charge on any atom is -0.481 e. The van der Waals surface area contributed by atoms with Crippen molar-refractivity contribution in [2.75, 3.05) is 19.6 Å². The normalized spacial score (nSPS) is 23.6. The van der Waals surface area contributed by atoms with Crippen LogP contribution in [0.5, 0.6) is 0 Å². The van der Waals surface area contributed by atoms with Crippen molar-refractivity contribution in [1.82, 2.24) is 10.6 Å². The van der Waals surface area contributed by atoms with Crippen LogP contribution in [0.15, 0.2) is 18.2 Å². The van der Waals surface area contributed by atoms with Gasteiger partial charge in [0.05, 0.1) is 17.0 Å². The van der Waals surface area contributed by atoms with Crippen LogP contribution in [0.4, 0.5) is 0 Å². The molecular weight excluding hydrogens is 388 g/mol. The number of aryl methyl sites for hydroxylation is 1.